The van der Waals surface area contributed by atoms with Gasteiger partial charge in [-0.1, -0.05) is 30.3 Å². The lowest BCUT2D eigenvalue weighted by Gasteiger charge is -2.23. The Morgan fingerprint density at radius 2 is 2.17 bits per heavy atom. The summed E-state index contributed by atoms with van der Waals surface area (Å²) < 4.78 is 12.7. The number of nitrogens with zero attached hydrogens (tertiary/aromatic N) is 2. The Morgan fingerprint density at radius 1 is 1.33 bits per heavy atom. The van der Waals surface area contributed by atoms with Gasteiger partial charge in [0.15, 0.2) is 0 Å². The zero-order valence-corrected chi connectivity index (χ0v) is 13.6. The highest BCUT2D eigenvalue weighted by Crippen LogP contribution is 2.25. The SMILES string of the molecule is NC(=O)OCC(Cc1ccccc1)c1ccn(C2CCCCO2)n1. The summed E-state index contributed by atoms with van der Waals surface area (Å²) in [5.74, 6) is -0.0373. The second-order valence-electron chi connectivity index (χ2n) is 6.06. The zero-order chi connectivity index (χ0) is 16.8. The molecule has 24 heavy (non-hydrogen) atoms. The summed E-state index contributed by atoms with van der Waals surface area (Å²) in [6, 6.07) is 12.0. The van der Waals surface area contributed by atoms with Gasteiger partial charge in [0.25, 0.3) is 0 Å². The van der Waals surface area contributed by atoms with Crippen LogP contribution in [0.1, 0.15) is 42.7 Å². The largest absolute Gasteiger partial charge is 0.449 e. The molecule has 0 radical (unpaired) electrons. The fourth-order valence-corrected chi connectivity index (χ4v) is 2.99. The molecule has 1 aliphatic heterocycles. The van der Waals surface area contributed by atoms with Gasteiger partial charge in [-0.25, -0.2) is 9.48 Å². The second kappa shape index (κ2) is 7.97. The van der Waals surface area contributed by atoms with Crippen LogP contribution in [0.4, 0.5) is 4.79 Å². The van der Waals surface area contributed by atoms with Crippen LogP contribution in [0.25, 0.3) is 0 Å². The Balaban J connectivity index is 1.74. The third-order valence-corrected chi connectivity index (χ3v) is 4.25. The molecule has 0 saturated carbocycles. The molecule has 0 spiro atoms. The standard InChI is InChI=1S/C18H23N3O3/c19-18(22)24-13-15(12-14-6-2-1-3-7-14)16-9-10-21(20-16)17-8-4-5-11-23-17/h1-3,6-7,9-10,15,17H,4-5,8,11-13H2,(H2,19,22). The maximum atomic E-state index is 11.0. The van der Waals surface area contributed by atoms with Crippen molar-refractivity contribution in [2.75, 3.05) is 13.2 Å². The first-order valence-electron chi connectivity index (χ1n) is 8.35. The first-order chi connectivity index (χ1) is 11.7. The average Bonchev–Trinajstić information content (AvgIpc) is 3.10. The smallest absolute Gasteiger partial charge is 0.404 e. The minimum absolute atomic E-state index is 0.00179. The van der Waals surface area contributed by atoms with Crippen LogP contribution in [-0.4, -0.2) is 29.1 Å². The molecule has 0 bridgehead atoms. The molecule has 128 valence electrons. The minimum atomic E-state index is -0.761. The molecule has 1 saturated heterocycles. The molecule has 0 aliphatic carbocycles. The topological polar surface area (TPSA) is 79.4 Å². The third-order valence-electron chi connectivity index (χ3n) is 4.25. The lowest BCUT2D eigenvalue weighted by atomic mass is 9.97. The van der Waals surface area contributed by atoms with Gasteiger partial charge < -0.3 is 15.2 Å². The molecule has 1 aliphatic rings. The van der Waals surface area contributed by atoms with Crippen molar-refractivity contribution in [3.63, 3.8) is 0 Å². The molecule has 2 unspecified atom stereocenters. The van der Waals surface area contributed by atoms with E-state index in [1.807, 2.05) is 35.1 Å². The Labute approximate surface area is 141 Å². The van der Waals surface area contributed by atoms with E-state index in [9.17, 15) is 4.79 Å². The van der Waals surface area contributed by atoms with Crippen LogP contribution in [0.15, 0.2) is 42.6 Å². The summed E-state index contributed by atoms with van der Waals surface area (Å²) in [6.45, 7) is 0.991. The first kappa shape index (κ1) is 16.5. The molecule has 3 rings (SSSR count). The molecule has 2 heterocycles. The van der Waals surface area contributed by atoms with Crippen molar-refractivity contribution in [1.82, 2.24) is 9.78 Å². The Morgan fingerprint density at radius 3 is 2.88 bits per heavy atom. The van der Waals surface area contributed by atoms with E-state index in [-0.39, 0.29) is 18.8 Å². The molecule has 2 N–H and O–H groups in total. The zero-order valence-electron chi connectivity index (χ0n) is 13.6. The predicted octanol–water partition coefficient (Wildman–Crippen LogP) is 3.00. The van der Waals surface area contributed by atoms with E-state index >= 15 is 0 Å². The van der Waals surface area contributed by atoms with E-state index in [2.05, 4.69) is 17.2 Å². The van der Waals surface area contributed by atoms with E-state index in [0.29, 0.717) is 0 Å². The molecule has 1 fully saturated rings. The Kier molecular flexibility index (Phi) is 5.48. The fraction of sp³-hybridized carbons (Fsp3) is 0.444. The summed E-state index contributed by atoms with van der Waals surface area (Å²) in [5, 5.41) is 4.67. The molecule has 1 aromatic carbocycles. The number of rotatable bonds is 6. The molecular formula is C18H23N3O3. The summed E-state index contributed by atoms with van der Waals surface area (Å²) in [6.07, 6.45) is 5.14. The molecule has 2 aromatic rings. The van der Waals surface area contributed by atoms with Crippen LogP contribution >= 0.6 is 0 Å². The van der Waals surface area contributed by atoms with Crippen LogP contribution in [0.5, 0.6) is 0 Å². The van der Waals surface area contributed by atoms with Gasteiger partial charge in [-0.3, -0.25) is 0 Å². The van der Waals surface area contributed by atoms with Crippen molar-refractivity contribution in [3.8, 4) is 0 Å². The van der Waals surface area contributed by atoms with Crippen LogP contribution in [0, 0.1) is 0 Å². The van der Waals surface area contributed by atoms with Crippen molar-refractivity contribution in [3.05, 3.63) is 53.9 Å². The maximum absolute atomic E-state index is 11.0. The van der Waals surface area contributed by atoms with E-state index in [1.54, 1.807) is 0 Å². The summed E-state index contributed by atoms with van der Waals surface area (Å²) in [5.41, 5.74) is 7.18. The number of carbonyl (C=O) groups excluding carboxylic acids is 1. The summed E-state index contributed by atoms with van der Waals surface area (Å²) in [4.78, 5) is 11.0. The van der Waals surface area contributed by atoms with Gasteiger partial charge in [-0.2, -0.15) is 5.10 Å². The van der Waals surface area contributed by atoms with Crippen molar-refractivity contribution in [2.45, 2.75) is 37.8 Å². The van der Waals surface area contributed by atoms with E-state index < -0.39 is 6.09 Å². The summed E-state index contributed by atoms with van der Waals surface area (Å²) >= 11 is 0. The predicted molar refractivity (Wildman–Crippen MR) is 89.5 cm³/mol. The van der Waals surface area contributed by atoms with Gasteiger partial charge in [-0.15, -0.1) is 0 Å². The number of nitrogens with two attached hydrogens (primary N) is 1. The third kappa shape index (κ3) is 4.35. The van der Waals surface area contributed by atoms with Crippen molar-refractivity contribution in [1.29, 1.82) is 0 Å². The molecule has 1 amide bonds. The average molecular weight is 329 g/mol. The van der Waals surface area contributed by atoms with E-state index in [4.69, 9.17) is 15.2 Å². The lowest BCUT2D eigenvalue weighted by Crippen LogP contribution is -2.21. The second-order valence-corrected chi connectivity index (χ2v) is 6.06. The van der Waals surface area contributed by atoms with Crippen LogP contribution in [-0.2, 0) is 15.9 Å². The monoisotopic (exact) mass is 329 g/mol. The van der Waals surface area contributed by atoms with Gasteiger partial charge in [0.05, 0.1) is 5.69 Å². The molecule has 1 aromatic heterocycles. The number of ether oxygens (including phenoxy) is 2. The van der Waals surface area contributed by atoms with Gasteiger partial charge in [0.2, 0.25) is 0 Å². The van der Waals surface area contributed by atoms with E-state index in [1.165, 1.54) is 5.56 Å². The molecule has 6 heteroatoms. The Bertz CT molecular complexity index is 651. The van der Waals surface area contributed by atoms with Crippen LogP contribution in [0.2, 0.25) is 0 Å². The highest BCUT2D eigenvalue weighted by molar-refractivity contribution is 5.64. The van der Waals surface area contributed by atoms with Gasteiger partial charge in [0, 0.05) is 18.7 Å². The number of amides is 1. The number of aromatic nitrogens is 2. The van der Waals surface area contributed by atoms with Crippen molar-refractivity contribution in [2.24, 2.45) is 5.73 Å². The van der Waals surface area contributed by atoms with Crippen LogP contribution < -0.4 is 5.73 Å². The van der Waals surface area contributed by atoms with Gasteiger partial charge in [0.1, 0.15) is 12.8 Å². The number of primary amides is 1. The molecular weight excluding hydrogens is 306 g/mol. The molecule has 2 atom stereocenters. The molecule has 6 nitrogen and oxygen atoms in total. The van der Waals surface area contributed by atoms with Crippen LogP contribution in [0.3, 0.4) is 0 Å². The van der Waals surface area contributed by atoms with Gasteiger partial charge >= 0.3 is 6.09 Å². The highest BCUT2D eigenvalue weighted by Gasteiger charge is 2.21. The number of hydrogen-bond donors (Lipinski definition) is 1. The number of carbonyl (C=O) groups is 1. The van der Waals surface area contributed by atoms with Gasteiger partial charge in [-0.05, 0) is 37.3 Å². The number of benzene rings is 1. The highest BCUT2D eigenvalue weighted by atomic mass is 16.5. The van der Waals surface area contributed by atoms with Crippen molar-refractivity contribution < 1.29 is 14.3 Å². The van der Waals surface area contributed by atoms with E-state index in [0.717, 1.165) is 38.0 Å². The normalized spacial score (nSPS) is 18.9. The lowest BCUT2D eigenvalue weighted by molar-refractivity contribution is -0.0398. The fourth-order valence-electron chi connectivity index (χ4n) is 2.99. The summed E-state index contributed by atoms with van der Waals surface area (Å²) in [7, 11) is 0. The maximum Gasteiger partial charge on any atom is 0.404 e. The quantitative estimate of drug-likeness (QED) is 0.883. The van der Waals surface area contributed by atoms with Crippen molar-refractivity contribution >= 4 is 6.09 Å². The number of hydrogen-bond acceptors (Lipinski definition) is 4. The minimum Gasteiger partial charge on any atom is -0.449 e. The first-order valence-corrected chi connectivity index (χ1v) is 8.35. The Hall–Kier alpha value is -2.34.